The number of para-hydroxylation sites is 4. The molecule has 0 radical (unpaired) electrons. The molecule has 150 valence electrons. The van der Waals surface area contributed by atoms with Crippen LogP contribution in [0.1, 0.15) is 0 Å². The third-order valence-electron chi connectivity index (χ3n) is 5.45. The van der Waals surface area contributed by atoms with Crippen LogP contribution in [0.3, 0.4) is 0 Å². The van der Waals surface area contributed by atoms with E-state index in [0.717, 1.165) is 39.1 Å². The van der Waals surface area contributed by atoms with E-state index in [1.54, 1.807) is 7.11 Å². The summed E-state index contributed by atoms with van der Waals surface area (Å²) < 4.78 is 7.22. The van der Waals surface area contributed by atoms with E-state index in [-0.39, 0.29) is 0 Å². The fourth-order valence-electron chi connectivity index (χ4n) is 3.96. The zero-order valence-corrected chi connectivity index (χ0v) is 16.7. The number of H-pyrrole nitrogens is 1. The Morgan fingerprint density at radius 3 is 2.19 bits per heavy atom. The maximum atomic E-state index is 6.73. The van der Waals surface area contributed by atoms with Crippen LogP contribution in [0.5, 0.6) is 5.75 Å². The summed E-state index contributed by atoms with van der Waals surface area (Å²) in [5.41, 5.74) is 13.1. The van der Waals surface area contributed by atoms with Gasteiger partial charge >= 0.3 is 0 Å². The first-order valence-corrected chi connectivity index (χ1v) is 9.89. The molecule has 0 bridgehead atoms. The largest absolute Gasteiger partial charge is 0.497 e. The minimum Gasteiger partial charge on any atom is -0.497 e. The number of benzene rings is 3. The molecule has 0 aliphatic heterocycles. The average molecular weight is 406 g/mol. The summed E-state index contributed by atoms with van der Waals surface area (Å²) in [5, 5.41) is 0. The van der Waals surface area contributed by atoms with Crippen molar-refractivity contribution in [2.24, 2.45) is 0 Å². The van der Waals surface area contributed by atoms with Crippen LogP contribution >= 0.6 is 0 Å². The van der Waals surface area contributed by atoms with Gasteiger partial charge < -0.3 is 15.5 Å². The number of hydrogen-bond donors (Lipinski definition) is 2. The summed E-state index contributed by atoms with van der Waals surface area (Å²) in [6.07, 6.45) is 0. The van der Waals surface area contributed by atoms with E-state index in [9.17, 15) is 0 Å². The Bertz CT molecular complexity index is 1550. The van der Waals surface area contributed by atoms with E-state index in [2.05, 4.69) is 4.98 Å². The van der Waals surface area contributed by atoms with Gasteiger partial charge in [-0.15, -0.1) is 0 Å². The third-order valence-corrected chi connectivity index (χ3v) is 5.45. The summed E-state index contributed by atoms with van der Waals surface area (Å²) in [5.74, 6) is 1.96. The standard InChI is InChI=1S/C24H18N6O/c1-31-15-12-10-14(11-13-15)30-22(25)20(23-27-17-7-3-4-8-18(17)28-23)21-24(30)29-19-9-5-2-6-16(19)26-21/h2-13H,25H2,1H3,(H,27,28). The van der Waals surface area contributed by atoms with Gasteiger partial charge in [-0.3, -0.25) is 4.57 Å². The number of aromatic amines is 1. The second-order valence-electron chi connectivity index (χ2n) is 7.28. The van der Waals surface area contributed by atoms with Crippen molar-refractivity contribution in [3.63, 3.8) is 0 Å². The second kappa shape index (κ2) is 6.56. The summed E-state index contributed by atoms with van der Waals surface area (Å²) in [6.45, 7) is 0. The number of ether oxygens (including phenoxy) is 1. The number of aromatic nitrogens is 5. The lowest BCUT2D eigenvalue weighted by Crippen LogP contribution is -2.02. The van der Waals surface area contributed by atoms with Crippen molar-refractivity contribution in [2.75, 3.05) is 12.8 Å². The van der Waals surface area contributed by atoms with Gasteiger partial charge in [-0.2, -0.15) is 0 Å². The molecule has 6 aromatic rings. The molecule has 0 saturated heterocycles. The van der Waals surface area contributed by atoms with Crippen molar-refractivity contribution in [2.45, 2.75) is 0 Å². The molecule has 0 unspecified atom stereocenters. The molecule has 0 aliphatic rings. The predicted molar refractivity (Wildman–Crippen MR) is 122 cm³/mol. The van der Waals surface area contributed by atoms with Crippen molar-refractivity contribution in [3.05, 3.63) is 72.8 Å². The van der Waals surface area contributed by atoms with Crippen LogP contribution in [0.2, 0.25) is 0 Å². The van der Waals surface area contributed by atoms with Crippen LogP contribution < -0.4 is 10.5 Å². The predicted octanol–water partition coefficient (Wildman–Crippen LogP) is 4.71. The van der Waals surface area contributed by atoms with Gasteiger partial charge in [0.15, 0.2) is 5.65 Å². The maximum Gasteiger partial charge on any atom is 0.166 e. The van der Waals surface area contributed by atoms with Crippen LogP contribution in [-0.4, -0.2) is 31.6 Å². The molecule has 3 heterocycles. The highest BCUT2D eigenvalue weighted by Gasteiger charge is 2.23. The van der Waals surface area contributed by atoms with Crippen molar-refractivity contribution in [1.29, 1.82) is 0 Å². The van der Waals surface area contributed by atoms with Crippen molar-refractivity contribution >= 4 is 39.0 Å². The van der Waals surface area contributed by atoms with E-state index in [1.165, 1.54) is 0 Å². The second-order valence-corrected chi connectivity index (χ2v) is 7.28. The van der Waals surface area contributed by atoms with Crippen molar-refractivity contribution in [3.8, 4) is 22.8 Å². The molecule has 0 aliphatic carbocycles. The highest BCUT2D eigenvalue weighted by atomic mass is 16.5. The number of nitrogens with one attached hydrogen (secondary N) is 1. The number of nitrogens with two attached hydrogens (primary N) is 1. The van der Waals surface area contributed by atoms with Gasteiger partial charge in [0.05, 0.1) is 34.7 Å². The average Bonchev–Trinajstić information content (AvgIpc) is 3.35. The molecule has 0 fully saturated rings. The Balaban J connectivity index is 1.71. The maximum absolute atomic E-state index is 6.73. The van der Waals surface area contributed by atoms with Gasteiger partial charge in [0, 0.05) is 5.69 Å². The van der Waals surface area contributed by atoms with E-state index in [1.807, 2.05) is 77.4 Å². The Morgan fingerprint density at radius 2 is 1.48 bits per heavy atom. The summed E-state index contributed by atoms with van der Waals surface area (Å²) in [7, 11) is 1.64. The molecule has 31 heavy (non-hydrogen) atoms. The fraction of sp³-hybridized carbons (Fsp3) is 0.0417. The minimum atomic E-state index is 0.523. The Hall–Kier alpha value is -4.39. The SMILES string of the molecule is COc1ccc(-n2c(N)c(-c3nc4ccccc4[nH]3)c3nc4ccccc4nc32)cc1. The number of rotatable bonds is 3. The Kier molecular flexibility index (Phi) is 3.70. The van der Waals surface area contributed by atoms with Gasteiger partial charge in [0.2, 0.25) is 0 Å². The molecule has 7 heteroatoms. The number of nitrogen functional groups attached to an aromatic ring is 1. The summed E-state index contributed by atoms with van der Waals surface area (Å²) >= 11 is 0. The third kappa shape index (κ3) is 2.63. The number of nitrogens with zero attached hydrogens (tertiary/aromatic N) is 4. The number of fused-ring (bicyclic) bond motifs is 3. The van der Waals surface area contributed by atoms with Gasteiger partial charge in [-0.25, -0.2) is 15.0 Å². The first-order chi connectivity index (χ1) is 15.2. The normalized spacial score (nSPS) is 11.5. The van der Waals surface area contributed by atoms with Crippen LogP contribution in [0.15, 0.2) is 72.8 Å². The highest BCUT2D eigenvalue weighted by Crippen LogP contribution is 2.37. The number of imidazole rings is 1. The topological polar surface area (TPSA) is 94.6 Å². The number of methoxy groups -OCH3 is 1. The molecule has 3 aromatic heterocycles. The first-order valence-electron chi connectivity index (χ1n) is 9.89. The van der Waals surface area contributed by atoms with Gasteiger partial charge in [-0.1, -0.05) is 24.3 Å². The summed E-state index contributed by atoms with van der Waals surface area (Å²) in [4.78, 5) is 18.0. The molecule has 6 rings (SSSR count). The van der Waals surface area contributed by atoms with Crippen LogP contribution in [-0.2, 0) is 0 Å². The van der Waals surface area contributed by atoms with Gasteiger partial charge in [0.25, 0.3) is 0 Å². The van der Waals surface area contributed by atoms with E-state index < -0.39 is 0 Å². The Morgan fingerprint density at radius 1 is 0.806 bits per heavy atom. The van der Waals surface area contributed by atoms with E-state index in [4.69, 9.17) is 25.4 Å². The number of anilines is 1. The lowest BCUT2D eigenvalue weighted by Gasteiger charge is -2.08. The first kappa shape index (κ1) is 17.5. The van der Waals surface area contributed by atoms with Gasteiger partial charge in [0.1, 0.15) is 22.9 Å². The van der Waals surface area contributed by atoms with E-state index in [0.29, 0.717) is 22.8 Å². The van der Waals surface area contributed by atoms with Crippen LogP contribution in [0.25, 0.3) is 50.3 Å². The molecule has 0 spiro atoms. The smallest absolute Gasteiger partial charge is 0.166 e. The Labute approximate surface area is 177 Å². The fourth-order valence-corrected chi connectivity index (χ4v) is 3.96. The van der Waals surface area contributed by atoms with Crippen molar-refractivity contribution in [1.82, 2.24) is 24.5 Å². The molecular weight excluding hydrogens is 388 g/mol. The van der Waals surface area contributed by atoms with Gasteiger partial charge in [-0.05, 0) is 48.5 Å². The quantitative estimate of drug-likeness (QED) is 0.444. The molecule has 3 N–H and O–H groups in total. The molecule has 0 saturated carbocycles. The van der Waals surface area contributed by atoms with Crippen LogP contribution in [0, 0.1) is 0 Å². The molecule has 7 nitrogen and oxygen atoms in total. The molecule has 0 amide bonds. The highest BCUT2D eigenvalue weighted by molar-refractivity contribution is 6.02. The zero-order valence-electron chi connectivity index (χ0n) is 16.7. The lowest BCUT2D eigenvalue weighted by atomic mass is 10.2. The monoisotopic (exact) mass is 406 g/mol. The lowest BCUT2D eigenvalue weighted by molar-refractivity contribution is 0.415. The van der Waals surface area contributed by atoms with Crippen LogP contribution in [0.4, 0.5) is 5.82 Å². The van der Waals surface area contributed by atoms with Crippen molar-refractivity contribution < 1.29 is 4.74 Å². The molecule has 3 aromatic carbocycles. The number of hydrogen-bond acceptors (Lipinski definition) is 5. The summed E-state index contributed by atoms with van der Waals surface area (Å²) in [6, 6.07) is 23.4. The minimum absolute atomic E-state index is 0.523. The van der Waals surface area contributed by atoms with E-state index >= 15 is 0 Å². The molecule has 0 atom stereocenters. The molecular formula is C24H18N6O. The zero-order chi connectivity index (χ0) is 20.9.